The van der Waals surface area contributed by atoms with Gasteiger partial charge in [0.1, 0.15) is 10.6 Å². The maximum atomic E-state index is 13.4. The van der Waals surface area contributed by atoms with Gasteiger partial charge in [-0.2, -0.15) is 8.61 Å². The summed E-state index contributed by atoms with van der Waals surface area (Å²) in [5.74, 6) is -0.0133. The molecule has 9 nitrogen and oxygen atoms in total. The van der Waals surface area contributed by atoms with Gasteiger partial charge >= 0.3 is 0 Å². The molecule has 2 aliphatic heterocycles. The minimum absolute atomic E-state index is 0.0476. The summed E-state index contributed by atoms with van der Waals surface area (Å²) in [6.45, 7) is 5.36. The van der Waals surface area contributed by atoms with Crippen LogP contribution in [-0.4, -0.2) is 64.1 Å². The molecule has 2 atom stereocenters. The first kappa shape index (κ1) is 27.6. The van der Waals surface area contributed by atoms with Crippen molar-refractivity contribution in [1.82, 2.24) is 8.61 Å². The first-order valence-electron chi connectivity index (χ1n) is 12.7. The lowest BCUT2D eigenvalue weighted by molar-refractivity contribution is 0.102. The average molecular weight is 550 g/mol. The Morgan fingerprint density at radius 2 is 1.65 bits per heavy atom. The monoisotopic (exact) mass is 549 g/mol. The second-order valence-corrected chi connectivity index (χ2v) is 13.7. The third kappa shape index (κ3) is 5.84. The van der Waals surface area contributed by atoms with E-state index in [1.54, 1.807) is 0 Å². The van der Waals surface area contributed by atoms with Crippen molar-refractivity contribution in [3.63, 3.8) is 0 Å². The lowest BCUT2D eigenvalue weighted by Gasteiger charge is -2.32. The molecule has 0 spiro atoms. The van der Waals surface area contributed by atoms with Crippen molar-refractivity contribution >= 4 is 31.6 Å². The van der Waals surface area contributed by atoms with Gasteiger partial charge in [-0.1, -0.05) is 13.3 Å². The molecule has 0 bridgehead atoms. The number of nitrogens with zero attached hydrogens (tertiary/aromatic N) is 2. The van der Waals surface area contributed by atoms with E-state index in [0.29, 0.717) is 31.2 Å². The summed E-state index contributed by atoms with van der Waals surface area (Å²) in [5.41, 5.74) is 0.559. The van der Waals surface area contributed by atoms with E-state index in [4.69, 9.17) is 4.74 Å². The summed E-state index contributed by atoms with van der Waals surface area (Å²) < 4.78 is 61.2. The first-order valence-corrected chi connectivity index (χ1v) is 15.5. The highest BCUT2D eigenvalue weighted by molar-refractivity contribution is 7.89. The second-order valence-electron chi connectivity index (χ2n) is 9.92. The summed E-state index contributed by atoms with van der Waals surface area (Å²) >= 11 is 0. The van der Waals surface area contributed by atoms with Gasteiger partial charge in [0.2, 0.25) is 20.0 Å². The van der Waals surface area contributed by atoms with Crippen LogP contribution in [0.2, 0.25) is 0 Å². The number of methoxy groups -OCH3 is 1. The Labute approximate surface area is 219 Å². The summed E-state index contributed by atoms with van der Waals surface area (Å²) in [5, 5.41) is 2.73. The van der Waals surface area contributed by atoms with Crippen LogP contribution in [0.4, 0.5) is 5.69 Å². The van der Waals surface area contributed by atoms with Crippen molar-refractivity contribution in [2.75, 3.05) is 32.1 Å². The molecule has 1 N–H and O–H groups in total. The van der Waals surface area contributed by atoms with Crippen molar-refractivity contribution < 1.29 is 26.4 Å². The molecule has 0 radical (unpaired) electrons. The molecule has 37 heavy (non-hydrogen) atoms. The van der Waals surface area contributed by atoms with Gasteiger partial charge in [0.25, 0.3) is 5.91 Å². The van der Waals surface area contributed by atoms with E-state index >= 15 is 0 Å². The number of hydrogen-bond donors (Lipinski definition) is 1. The van der Waals surface area contributed by atoms with Crippen LogP contribution in [0.5, 0.6) is 5.75 Å². The Morgan fingerprint density at radius 1 is 0.919 bits per heavy atom. The molecule has 202 valence electrons. The molecule has 2 saturated heterocycles. The highest BCUT2D eigenvalue weighted by atomic mass is 32.2. The zero-order valence-corrected chi connectivity index (χ0v) is 23.1. The largest absolute Gasteiger partial charge is 0.495 e. The molecular weight excluding hydrogens is 514 g/mol. The van der Waals surface area contributed by atoms with Gasteiger partial charge in [0, 0.05) is 36.9 Å². The van der Waals surface area contributed by atoms with Crippen LogP contribution >= 0.6 is 0 Å². The molecule has 2 aliphatic rings. The highest BCUT2D eigenvalue weighted by Crippen LogP contribution is 2.32. The number of nitrogens with one attached hydrogen (secondary N) is 1. The van der Waals surface area contributed by atoms with Crippen LogP contribution in [0.25, 0.3) is 0 Å². The predicted octanol–water partition coefficient (Wildman–Crippen LogP) is 3.93. The van der Waals surface area contributed by atoms with Crippen molar-refractivity contribution in [2.24, 2.45) is 5.92 Å². The van der Waals surface area contributed by atoms with Crippen LogP contribution in [-0.2, 0) is 20.0 Å². The number of hydrogen-bond acceptors (Lipinski definition) is 6. The fourth-order valence-corrected chi connectivity index (χ4v) is 8.48. The predicted molar refractivity (Wildman–Crippen MR) is 142 cm³/mol. The van der Waals surface area contributed by atoms with E-state index in [1.807, 2.05) is 13.8 Å². The Kier molecular flexibility index (Phi) is 8.27. The number of ether oxygens (including phenoxy) is 1. The third-order valence-electron chi connectivity index (χ3n) is 7.12. The molecule has 2 aromatic carbocycles. The number of amides is 1. The number of anilines is 1. The minimum atomic E-state index is -3.86. The van der Waals surface area contributed by atoms with Crippen molar-refractivity contribution in [3.05, 3.63) is 48.0 Å². The van der Waals surface area contributed by atoms with Gasteiger partial charge in [-0.15, -0.1) is 0 Å². The Bertz CT molecular complexity index is 1340. The summed E-state index contributed by atoms with van der Waals surface area (Å²) in [4.78, 5) is 13.1. The quantitative estimate of drug-likeness (QED) is 0.560. The van der Waals surface area contributed by atoms with E-state index in [2.05, 4.69) is 5.32 Å². The van der Waals surface area contributed by atoms with Gasteiger partial charge in [0.15, 0.2) is 0 Å². The maximum absolute atomic E-state index is 13.4. The number of carbonyl (C=O) groups is 1. The van der Waals surface area contributed by atoms with Gasteiger partial charge in [0.05, 0.1) is 12.0 Å². The molecule has 0 unspecified atom stereocenters. The second kappa shape index (κ2) is 11.1. The van der Waals surface area contributed by atoms with Crippen LogP contribution in [0.3, 0.4) is 0 Å². The molecule has 0 aromatic heterocycles. The van der Waals surface area contributed by atoms with E-state index in [1.165, 1.54) is 58.2 Å². The van der Waals surface area contributed by atoms with Gasteiger partial charge in [-0.25, -0.2) is 16.8 Å². The fraction of sp³-hybridized carbons (Fsp3) is 0.500. The van der Waals surface area contributed by atoms with Crippen molar-refractivity contribution in [1.29, 1.82) is 0 Å². The lowest BCUT2D eigenvalue weighted by atomic mass is 10.0. The van der Waals surface area contributed by atoms with Crippen molar-refractivity contribution in [3.8, 4) is 5.75 Å². The molecule has 0 saturated carbocycles. The smallest absolute Gasteiger partial charge is 0.255 e. The topological polar surface area (TPSA) is 113 Å². The Morgan fingerprint density at radius 3 is 2.30 bits per heavy atom. The van der Waals surface area contributed by atoms with E-state index < -0.39 is 26.0 Å². The zero-order valence-electron chi connectivity index (χ0n) is 21.5. The molecule has 2 heterocycles. The first-order chi connectivity index (χ1) is 17.5. The molecule has 4 rings (SSSR count). The number of sulfonamides is 2. The highest BCUT2D eigenvalue weighted by Gasteiger charge is 2.34. The SMILES string of the molecule is COc1ccc(C(=O)Nc2ccc(S(=O)(=O)N3CCC[C@@H](C)C3)cc2)cc1S(=O)(=O)N1CCCC[C@@H]1C. The Balaban J connectivity index is 1.53. The number of benzene rings is 2. The fourth-order valence-electron chi connectivity index (χ4n) is 5.00. The normalized spacial score (nSPS) is 21.9. The molecule has 2 fully saturated rings. The van der Waals surface area contributed by atoms with E-state index in [9.17, 15) is 21.6 Å². The van der Waals surface area contributed by atoms with Gasteiger partial charge < -0.3 is 10.1 Å². The lowest BCUT2D eigenvalue weighted by Crippen LogP contribution is -2.42. The zero-order chi connectivity index (χ0) is 26.8. The van der Waals surface area contributed by atoms with E-state index in [0.717, 1.165) is 32.1 Å². The number of rotatable bonds is 7. The van der Waals surface area contributed by atoms with Crippen LogP contribution in [0, 0.1) is 5.92 Å². The summed E-state index contributed by atoms with van der Waals surface area (Å²) in [6, 6.07) is 10.2. The standard InChI is InChI=1S/C26H35N3O6S2/c1-19-7-6-15-28(18-19)36(31,32)23-12-10-22(11-13-23)27-26(30)21-9-14-24(35-3)25(17-21)37(33,34)29-16-5-4-8-20(29)2/h9-14,17,19-20H,4-8,15-16,18H2,1-3H3,(H,27,30)/t19-,20+/m1/s1. The molecule has 0 aliphatic carbocycles. The van der Waals surface area contributed by atoms with Crippen molar-refractivity contribution in [2.45, 2.75) is 61.8 Å². The minimum Gasteiger partial charge on any atom is -0.495 e. The summed E-state index contributed by atoms with van der Waals surface area (Å²) in [7, 11) is -6.07. The Hall–Kier alpha value is -2.47. The van der Waals surface area contributed by atoms with Crippen LogP contribution < -0.4 is 10.1 Å². The molecule has 2 aromatic rings. The maximum Gasteiger partial charge on any atom is 0.255 e. The van der Waals surface area contributed by atoms with Gasteiger partial charge in [-0.3, -0.25) is 4.79 Å². The van der Waals surface area contributed by atoms with Crippen LogP contribution in [0.15, 0.2) is 52.3 Å². The third-order valence-corrected chi connectivity index (χ3v) is 11.0. The molecule has 11 heteroatoms. The number of piperidine rings is 2. The number of carbonyl (C=O) groups excluding carboxylic acids is 1. The van der Waals surface area contributed by atoms with Crippen LogP contribution in [0.1, 0.15) is 56.3 Å². The molecule has 1 amide bonds. The molecular formula is C26H35N3O6S2. The van der Waals surface area contributed by atoms with Gasteiger partial charge in [-0.05, 0) is 81.0 Å². The average Bonchev–Trinajstić information content (AvgIpc) is 2.88. The van der Waals surface area contributed by atoms with E-state index in [-0.39, 0.29) is 27.1 Å². The summed E-state index contributed by atoms with van der Waals surface area (Å²) in [6.07, 6.45) is 4.40.